The highest BCUT2D eigenvalue weighted by Gasteiger charge is 2.48. The highest BCUT2D eigenvalue weighted by atomic mass is 35.5. The highest BCUT2D eigenvalue weighted by Crippen LogP contribution is 2.52. The van der Waals surface area contributed by atoms with Crippen molar-refractivity contribution in [3.63, 3.8) is 0 Å². The van der Waals surface area contributed by atoms with Gasteiger partial charge in [-0.2, -0.15) is 5.10 Å². The smallest absolute Gasteiger partial charge is 0.247 e. The van der Waals surface area contributed by atoms with Crippen LogP contribution in [0, 0.1) is 23.7 Å². The Balaban J connectivity index is 1.22. The number of nitrogens with two attached hydrogens (primary N) is 1. The maximum atomic E-state index is 14.3. The molecule has 10 nitrogen and oxygen atoms in total. The Hall–Kier alpha value is -3.86. The number of hydrogen-bond acceptors (Lipinski definition) is 8. The Labute approximate surface area is 256 Å². The Kier molecular flexibility index (Phi) is 7.81. The fourth-order valence-corrected chi connectivity index (χ4v) is 7.29. The first kappa shape index (κ1) is 27.9. The predicted molar refractivity (Wildman–Crippen MR) is 171 cm³/mol. The number of H-pyrrole nitrogens is 1. The van der Waals surface area contributed by atoms with Gasteiger partial charge >= 0.3 is 0 Å². The van der Waals surface area contributed by atoms with E-state index in [1.165, 1.54) is 12.8 Å². The SMILES string of the molecule is Nc1ccc(-c2cnc(C3C(C4CC4)CC(C4CCNCC4)CN3C(=O)C=Cc3cc(Cl)ccc3N3C=NNN3)[nH]2)cc1. The van der Waals surface area contributed by atoms with Crippen LogP contribution in [0.15, 0.2) is 59.8 Å². The van der Waals surface area contributed by atoms with Gasteiger partial charge in [0.2, 0.25) is 5.91 Å². The van der Waals surface area contributed by atoms with E-state index in [9.17, 15) is 4.79 Å². The third kappa shape index (κ3) is 6.00. The summed E-state index contributed by atoms with van der Waals surface area (Å²) >= 11 is 6.38. The number of aromatic amines is 1. The zero-order chi connectivity index (χ0) is 29.3. The first-order valence-electron chi connectivity index (χ1n) is 15.3. The standard InChI is InChI=1S/C32H38ClN9O/c33-25-6-9-29(42-19-37-39-40-42)23(15-25)5-10-30(43)41-18-24(20-11-13-35-14-12-20)16-27(21-1-2-21)31(41)32-36-17-28(38-32)22-3-7-26(34)8-4-22/h3-10,15,17,19-21,24,27,31,35,39-40H,1-2,11-14,16,18,34H2,(H,36,38). The van der Waals surface area contributed by atoms with Gasteiger partial charge in [0, 0.05) is 28.9 Å². The number of amides is 1. The van der Waals surface area contributed by atoms with Gasteiger partial charge in [0.05, 0.1) is 23.6 Å². The molecule has 0 bridgehead atoms. The van der Waals surface area contributed by atoms with Gasteiger partial charge in [-0.15, -0.1) is 5.53 Å². The maximum Gasteiger partial charge on any atom is 0.247 e. The molecule has 2 saturated heterocycles. The number of halogens is 1. The number of likely N-dealkylation sites (tertiary alicyclic amines) is 1. The number of rotatable bonds is 7. The summed E-state index contributed by atoms with van der Waals surface area (Å²) in [6.07, 6.45) is 13.0. The molecule has 7 rings (SSSR count). The van der Waals surface area contributed by atoms with Crippen LogP contribution in [-0.4, -0.2) is 46.7 Å². The first-order valence-corrected chi connectivity index (χ1v) is 15.6. The number of carbonyl (C=O) groups is 1. The lowest BCUT2D eigenvalue weighted by Gasteiger charge is -2.47. The summed E-state index contributed by atoms with van der Waals surface area (Å²) in [5, 5.41) is 9.88. The molecule has 224 valence electrons. The fraction of sp³-hybridized carbons (Fsp3) is 0.406. The monoisotopic (exact) mass is 599 g/mol. The van der Waals surface area contributed by atoms with Gasteiger partial charge in [-0.1, -0.05) is 23.7 Å². The van der Waals surface area contributed by atoms with Crippen LogP contribution in [0.4, 0.5) is 11.4 Å². The average molecular weight is 600 g/mol. The van der Waals surface area contributed by atoms with Gasteiger partial charge in [-0.25, -0.2) is 15.5 Å². The van der Waals surface area contributed by atoms with Crippen LogP contribution >= 0.6 is 11.6 Å². The third-order valence-corrected chi connectivity index (χ3v) is 9.70. The molecule has 3 aromatic rings. The Morgan fingerprint density at radius 1 is 1.02 bits per heavy atom. The minimum atomic E-state index is -0.111. The van der Waals surface area contributed by atoms with Crippen LogP contribution in [-0.2, 0) is 4.79 Å². The van der Waals surface area contributed by atoms with Gasteiger partial charge in [0.1, 0.15) is 12.2 Å². The molecule has 4 heterocycles. The number of imidazole rings is 1. The van der Waals surface area contributed by atoms with Crippen molar-refractivity contribution >= 4 is 41.3 Å². The number of nitrogens with zero attached hydrogens (tertiary/aromatic N) is 4. The minimum absolute atomic E-state index is 0.00758. The minimum Gasteiger partial charge on any atom is -0.399 e. The second kappa shape index (κ2) is 12.0. The number of aromatic nitrogens is 2. The lowest BCUT2D eigenvalue weighted by molar-refractivity contribution is -0.134. The molecule has 1 aliphatic carbocycles. The summed E-state index contributed by atoms with van der Waals surface area (Å²) < 4.78 is 0. The maximum absolute atomic E-state index is 14.3. The zero-order valence-corrected chi connectivity index (χ0v) is 24.8. The summed E-state index contributed by atoms with van der Waals surface area (Å²) in [5.74, 6) is 2.94. The molecule has 43 heavy (non-hydrogen) atoms. The lowest BCUT2D eigenvalue weighted by atomic mass is 9.72. The van der Waals surface area contributed by atoms with Crippen molar-refractivity contribution in [2.45, 2.75) is 38.1 Å². The van der Waals surface area contributed by atoms with Crippen molar-refractivity contribution in [1.82, 2.24) is 31.3 Å². The number of nitrogens with one attached hydrogen (secondary N) is 4. The topological polar surface area (TPSA) is 127 Å². The zero-order valence-electron chi connectivity index (χ0n) is 24.0. The van der Waals surface area contributed by atoms with E-state index in [1.807, 2.05) is 54.7 Å². The van der Waals surface area contributed by atoms with E-state index in [0.717, 1.165) is 72.9 Å². The molecule has 4 aliphatic rings. The van der Waals surface area contributed by atoms with Crippen LogP contribution in [0.3, 0.4) is 0 Å². The summed E-state index contributed by atoms with van der Waals surface area (Å²) in [5.41, 5.74) is 15.9. The van der Waals surface area contributed by atoms with Crippen LogP contribution in [0.25, 0.3) is 17.3 Å². The molecule has 3 fully saturated rings. The van der Waals surface area contributed by atoms with Gasteiger partial charge < -0.3 is 20.9 Å². The van der Waals surface area contributed by atoms with Crippen LogP contribution in [0.1, 0.15) is 49.5 Å². The number of hydrazine groups is 2. The molecule has 3 unspecified atom stereocenters. The number of carbonyl (C=O) groups excluding carboxylic acids is 1. The molecule has 0 radical (unpaired) electrons. The summed E-state index contributed by atoms with van der Waals surface area (Å²) in [7, 11) is 0. The second-order valence-corrected chi connectivity index (χ2v) is 12.6. The lowest BCUT2D eigenvalue weighted by Crippen LogP contribution is -2.49. The largest absolute Gasteiger partial charge is 0.399 e. The molecular formula is C32H38ClN9O. The number of hydrogen-bond donors (Lipinski definition) is 5. The predicted octanol–water partition coefficient (Wildman–Crippen LogP) is 4.71. The van der Waals surface area contributed by atoms with E-state index in [1.54, 1.807) is 17.4 Å². The van der Waals surface area contributed by atoms with Gasteiger partial charge in [0.15, 0.2) is 0 Å². The Morgan fingerprint density at radius 3 is 2.58 bits per heavy atom. The van der Waals surface area contributed by atoms with Gasteiger partial charge in [-0.05, 0) is 111 Å². The van der Waals surface area contributed by atoms with Crippen molar-refractivity contribution < 1.29 is 4.79 Å². The van der Waals surface area contributed by atoms with Crippen LogP contribution in [0.5, 0.6) is 0 Å². The van der Waals surface area contributed by atoms with Crippen molar-refractivity contribution in [2.24, 2.45) is 28.8 Å². The van der Waals surface area contributed by atoms with E-state index in [2.05, 4.69) is 31.4 Å². The van der Waals surface area contributed by atoms with E-state index >= 15 is 0 Å². The molecule has 2 aromatic carbocycles. The van der Waals surface area contributed by atoms with Gasteiger partial charge in [-0.3, -0.25) is 4.79 Å². The first-order chi connectivity index (χ1) is 21.0. The molecule has 0 spiro atoms. The quantitative estimate of drug-likeness (QED) is 0.197. The molecule has 6 N–H and O–H groups in total. The molecule has 1 aromatic heterocycles. The normalized spacial score (nSPS) is 24.5. The average Bonchev–Trinajstić information content (AvgIpc) is 3.51. The molecule has 1 saturated carbocycles. The van der Waals surface area contributed by atoms with Crippen LogP contribution < -0.4 is 27.1 Å². The number of anilines is 2. The number of nitrogen functional groups attached to an aromatic ring is 1. The van der Waals surface area contributed by atoms with Crippen molar-refractivity contribution in [1.29, 1.82) is 0 Å². The summed E-state index contributed by atoms with van der Waals surface area (Å²) in [6, 6.07) is 13.3. The highest BCUT2D eigenvalue weighted by molar-refractivity contribution is 6.30. The van der Waals surface area contributed by atoms with E-state index < -0.39 is 0 Å². The van der Waals surface area contributed by atoms with Crippen molar-refractivity contribution in [3.05, 3.63) is 71.1 Å². The number of piperidine rings is 2. The van der Waals surface area contributed by atoms with Crippen molar-refractivity contribution in [2.75, 3.05) is 30.4 Å². The second-order valence-electron chi connectivity index (χ2n) is 12.2. The van der Waals surface area contributed by atoms with E-state index in [4.69, 9.17) is 22.3 Å². The Morgan fingerprint density at radius 2 is 1.84 bits per heavy atom. The van der Waals surface area contributed by atoms with Gasteiger partial charge in [0.25, 0.3) is 0 Å². The molecule has 3 atom stereocenters. The summed E-state index contributed by atoms with van der Waals surface area (Å²) in [4.78, 5) is 24.9. The number of benzene rings is 2. The van der Waals surface area contributed by atoms with E-state index in [-0.39, 0.29) is 11.9 Å². The Bertz CT molecular complexity index is 1510. The molecule has 11 heteroatoms. The summed E-state index contributed by atoms with van der Waals surface area (Å²) in [6.45, 7) is 2.83. The van der Waals surface area contributed by atoms with Crippen LogP contribution in [0.2, 0.25) is 5.02 Å². The number of hydrazone groups is 1. The fourth-order valence-electron chi connectivity index (χ4n) is 7.11. The molecule has 1 amide bonds. The van der Waals surface area contributed by atoms with E-state index in [0.29, 0.717) is 28.7 Å². The third-order valence-electron chi connectivity index (χ3n) is 9.47. The molecule has 3 aliphatic heterocycles. The molecular weight excluding hydrogens is 562 g/mol. The van der Waals surface area contributed by atoms with Crippen molar-refractivity contribution in [3.8, 4) is 11.3 Å².